The van der Waals surface area contributed by atoms with E-state index in [1.165, 1.54) is 16.3 Å². The minimum Gasteiger partial charge on any atom is -0.456 e. The van der Waals surface area contributed by atoms with Crippen LogP contribution in [0.25, 0.3) is 116 Å². The zero-order chi connectivity index (χ0) is 39.6. The summed E-state index contributed by atoms with van der Waals surface area (Å²) in [5.41, 5.74) is 15.1. The van der Waals surface area contributed by atoms with Crippen molar-refractivity contribution in [2.75, 3.05) is 0 Å². The Kier molecular flexibility index (Phi) is 7.78. The molecule has 0 aliphatic carbocycles. The predicted molar refractivity (Wildman–Crippen MR) is 246 cm³/mol. The van der Waals surface area contributed by atoms with Crippen molar-refractivity contribution in [3.63, 3.8) is 0 Å². The molecule has 0 radical (unpaired) electrons. The fraction of sp³-hybridized carbons (Fsp3) is 0. The molecule has 8 aromatic carbocycles. The zero-order valence-corrected chi connectivity index (χ0v) is 32.3. The third-order valence-corrected chi connectivity index (χ3v) is 11.6. The molecular weight excluding hydrogens is 733 g/mol. The number of rotatable bonds is 6. The van der Waals surface area contributed by atoms with Crippen molar-refractivity contribution < 1.29 is 4.42 Å². The second-order valence-corrected chi connectivity index (χ2v) is 15.2. The lowest BCUT2D eigenvalue weighted by molar-refractivity contribution is 0.669. The van der Waals surface area contributed by atoms with Crippen LogP contribution in [0.3, 0.4) is 0 Å². The van der Waals surface area contributed by atoms with E-state index in [1.807, 2.05) is 48.7 Å². The number of furan rings is 1. The van der Waals surface area contributed by atoms with Crippen LogP contribution < -0.4 is 0 Å². The number of benzene rings is 8. The number of hydrogen-bond acceptors (Lipinski definition) is 4. The molecule has 12 rings (SSSR count). The molecule has 0 atom stereocenters. The van der Waals surface area contributed by atoms with Crippen LogP contribution in [0, 0.1) is 0 Å². The summed E-state index contributed by atoms with van der Waals surface area (Å²) in [6.07, 6.45) is 1.85. The summed E-state index contributed by atoms with van der Waals surface area (Å²) in [7, 11) is 0. The molecule has 4 aromatic heterocycles. The lowest BCUT2D eigenvalue weighted by Gasteiger charge is -2.14. The molecule has 0 spiro atoms. The highest BCUT2D eigenvalue weighted by atomic mass is 16.3. The number of fused-ring (bicyclic) bond motifs is 7. The van der Waals surface area contributed by atoms with Gasteiger partial charge in [-0.1, -0.05) is 115 Å². The van der Waals surface area contributed by atoms with Crippen LogP contribution in [-0.4, -0.2) is 19.5 Å². The molecule has 5 heteroatoms. The first-order chi connectivity index (χ1) is 29.7. The number of pyridine rings is 1. The van der Waals surface area contributed by atoms with Crippen LogP contribution in [0.4, 0.5) is 0 Å². The molecule has 0 amide bonds. The monoisotopic (exact) mass is 766 g/mol. The smallest absolute Gasteiger partial charge is 0.160 e. The molecule has 12 aromatic rings. The Labute approximate surface area is 345 Å². The number of para-hydroxylation sites is 3. The zero-order valence-electron chi connectivity index (χ0n) is 32.3. The topological polar surface area (TPSA) is 56.7 Å². The van der Waals surface area contributed by atoms with E-state index in [0.29, 0.717) is 5.82 Å². The molecule has 0 bridgehead atoms. The van der Waals surface area contributed by atoms with E-state index in [-0.39, 0.29) is 0 Å². The first-order valence-corrected chi connectivity index (χ1v) is 20.2. The van der Waals surface area contributed by atoms with Gasteiger partial charge < -0.3 is 8.98 Å². The number of aromatic nitrogens is 4. The van der Waals surface area contributed by atoms with Crippen LogP contribution >= 0.6 is 0 Å². The van der Waals surface area contributed by atoms with Crippen molar-refractivity contribution in [2.45, 2.75) is 0 Å². The molecule has 0 aliphatic heterocycles. The Morgan fingerprint density at radius 3 is 1.93 bits per heavy atom. The Morgan fingerprint density at radius 1 is 0.367 bits per heavy atom. The molecular formula is C55H34N4O. The van der Waals surface area contributed by atoms with Crippen LogP contribution in [0.2, 0.25) is 0 Å². The fourth-order valence-corrected chi connectivity index (χ4v) is 8.80. The SMILES string of the molecule is c1ccc(-c2nc(-c3cc(-c4ccc5c(c4)c4ccccc4n5-c4ccccc4)cc(-c4cccc5ncccc45)c3)cc(-c3ccc4c(c3)oc3ccccc34)n2)cc1. The standard InChI is InChI=1S/C55H34N4O/c1-3-13-35(14-4-1)55-57-49(37-24-26-46-45-18-8-10-23-53(45)60-54(46)33-37)34-50(58-55)40-30-38(29-39(31-40)42-19-11-21-48-43(42)20-12-28-56-48)36-25-27-52-47(32-36)44-17-7-9-22-51(44)59(52)41-15-5-2-6-16-41/h1-34H. The van der Waals surface area contributed by atoms with Gasteiger partial charge in [0.15, 0.2) is 5.82 Å². The van der Waals surface area contributed by atoms with Crippen LogP contribution in [0.15, 0.2) is 211 Å². The molecule has 0 unspecified atom stereocenters. The second-order valence-electron chi connectivity index (χ2n) is 15.2. The first-order valence-electron chi connectivity index (χ1n) is 20.2. The van der Waals surface area contributed by atoms with Crippen molar-refractivity contribution in [2.24, 2.45) is 0 Å². The maximum absolute atomic E-state index is 6.34. The second kappa shape index (κ2) is 13.8. The molecule has 0 aliphatic rings. The fourth-order valence-electron chi connectivity index (χ4n) is 8.80. The molecule has 0 saturated carbocycles. The highest BCUT2D eigenvalue weighted by molar-refractivity contribution is 6.11. The molecule has 0 N–H and O–H groups in total. The van der Waals surface area contributed by atoms with Gasteiger partial charge in [-0.25, -0.2) is 9.97 Å². The minimum atomic E-state index is 0.657. The van der Waals surface area contributed by atoms with Crippen LogP contribution in [0.5, 0.6) is 0 Å². The summed E-state index contributed by atoms with van der Waals surface area (Å²) in [5.74, 6) is 0.657. The van der Waals surface area contributed by atoms with Gasteiger partial charge >= 0.3 is 0 Å². The van der Waals surface area contributed by atoms with E-state index in [4.69, 9.17) is 19.4 Å². The van der Waals surface area contributed by atoms with Gasteiger partial charge in [0.25, 0.3) is 0 Å². The Bertz CT molecular complexity index is 3600. The summed E-state index contributed by atoms with van der Waals surface area (Å²) >= 11 is 0. The largest absolute Gasteiger partial charge is 0.456 e. The van der Waals surface area contributed by atoms with E-state index >= 15 is 0 Å². The highest BCUT2D eigenvalue weighted by Crippen LogP contribution is 2.40. The first kappa shape index (κ1) is 33.9. The van der Waals surface area contributed by atoms with Gasteiger partial charge in [0.05, 0.1) is 27.9 Å². The average molecular weight is 767 g/mol. The molecule has 280 valence electrons. The summed E-state index contributed by atoms with van der Waals surface area (Å²) < 4.78 is 8.70. The van der Waals surface area contributed by atoms with Gasteiger partial charge in [-0.05, 0) is 107 Å². The normalized spacial score (nSPS) is 11.7. The van der Waals surface area contributed by atoms with Gasteiger partial charge in [0, 0.05) is 55.5 Å². The van der Waals surface area contributed by atoms with Gasteiger partial charge in [0.2, 0.25) is 0 Å². The third kappa shape index (κ3) is 5.67. The van der Waals surface area contributed by atoms with Crippen molar-refractivity contribution >= 4 is 54.6 Å². The van der Waals surface area contributed by atoms with Crippen LogP contribution in [-0.2, 0) is 0 Å². The van der Waals surface area contributed by atoms with Gasteiger partial charge in [0.1, 0.15) is 11.2 Å². The van der Waals surface area contributed by atoms with Crippen molar-refractivity contribution in [3.05, 3.63) is 206 Å². The number of hydrogen-bond donors (Lipinski definition) is 0. The molecule has 4 heterocycles. The summed E-state index contributed by atoms with van der Waals surface area (Å²) in [4.78, 5) is 15.2. The third-order valence-electron chi connectivity index (χ3n) is 11.6. The van der Waals surface area contributed by atoms with E-state index in [1.54, 1.807) is 0 Å². The summed E-state index contributed by atoms with van der Waals surface area (Å²) in [5, 5.41) is 5.69. The molecule has 0 fully saturated rings. The average Bonchev–Trinajstić information content (AvgIpc) is 3.87. The van der Waals surface area contributed by atoms with E-state index < -0.39 is 0 Å². The quantitative estimate of drug-likeness (QED) is 0.169. The van der Waals surface area contributed by atoms with Crippen molar-refractivity contribution in [1.82, 2.24) is 19.5 Å². The molecule has 0 saturated heterocycles. The highest BCUT2D eigenvalue weighted by Gasteiger charge is 2.18. The van der Waals surface area contributed by atoms with Gasteiger partial charge in [-0.3, -0.25) is 4.98 Å². The Balaban J connectivity index is 1.09. The lowest BCUT2D eigenvalue weighted by Crippen LogP contribution is -1.97. The Morgan fingerprint density at radius 2 is 1.05 bits per heavy atom. The maximum atomic E-state index is 6.34. The lowest BCUT2D eigenvalue weighted by atomic mass is 9.92. The number of nitrogens with zero attached hydrogens (tertiary/aromatic N) is 4. The maximum Gasteiger partial charge on any atom is 0.160 e. The summed E-state index contributed by atoms with van der Waals surface area (Å²) in [6.45, 7) is 0. The molecule has 60 heavy (non-hydrogen) atoms. The Hall–Kier alpha value is -8.15. The van der Waals surface area contributed by atoms with Crippen molar-refractivity contribution in [3.8, 4) is 61.8 Å². The minimum absolute atomic E-state index is 0.657. The van der Waals surface area contributed by atoms with Crippen LogP contribution in [0.1, 0.15) is 0 Å². The predicted octanol–water partition coefficient (Wildman–Crippen LogP) is 14.4. The molecule has 5 nitrogen and oxygen atoms in total. The van der Waals surface area contributed by atoms with E-state index in [9.17, 15) is 0 Å². The van der Waals surface area contributed by atoms with Crippen molar-refractivity contribution in [1.29, 1.82) is 0 Å². The van der Waals surface area contributed by atoms with E-state index in [0.717, 1.165) is 94.4 Å². The van der Waals surface area contributed by atoms with Gasteiger partial charge in [-0.2, -0.15) is 0 Å². The van der Waals surface area contributed by atoms with E-state index in [2.05, 4.69) is 162 Å². The summed E-state index contributed by atoms with van der Waals surface area (Å²) in [6, 6.07) is 70.3. The van der Waals surface area contributed by atoms with Gasteiger partial charge in [-0.15, -0.1) is 0 Å².